The summed E-state index contributed by atoms with van der Waals surface area (Å²) in [5, 5.41) is 4.47. The molecular formula is C14H34N3Y-. The maximum absolute atomic E-state index is 4.47. The average molecular weight is 333 g/mol. The first-order chi connectivity index (χ1) is 7.93. The summed E-state index contributed by atoms with van der Waals surface area (Å²) in [6.07, 6.45) is 0. The summed E-state index contributed by atoms with van der Waals surface area (Å²) >= 11 is 0. The zero-order chi connectivity index (χ0) is 13.8. The summed E-state index contributed by atoms with van der Waals surface area (Å²) in [7, 11) is 4.35. The predicted molar refractivity (Wildman–Crippen MR) is 80.0 cm³/mol. The van der Waals surface area contributed by atoms with Gasteiger partial charge in [0.05, 0.1) is 0 Å². The molecule has 0 aromatic heterocycles. The van der Waals surface area contributed by atoms with E-state index in [-0.39, 0.29) is 32.7 Å². The van der Waals surface area contributed by atoms with Gasteiger partial charge >= 0.3 is 0 Å². The first-order valence-corrected chi connectivity index (χ1v) is 6.99. The third kappa shape index (κ3) is 17.0. The normalized spacial score (nSPS) is 10.7. The number of likely N-dealkylation sites (N-methyl/N-ethyl adjacent to an activating group) is 2. The molecule has 0 N–H and O–H groups in total. The summed E-state index contributed by atoms with van der Waals surface area (Å²) in [5.74, 6) is 0. The first-order valence-electron chi connectivity index (χ1n) is 6.99. The van der Waals surface area contributed by atoms with Crippen molar-refractivity contribution >= 4 is 0 Å². The van der Waals surface area contributed by atoms with E-state index in [4.69, 9.17) is 0 Å². The molecule has 0 saturated carbocycles. The van der Waals surface area contributed by atoms with E-state index in [0.29, 0.717) is 12.1 Å². The number of hydrogen-bond acceptors (Lipinski definition) is 2. The van der Waals surface area contributed by atoms with Gasteiger partial charge in [0.2, 0.25) is 0 Å². The van der Waals surface area contributed by atoms with E-state index in [9.17, 15) is 0 Å². The number of hydrogen-bond donors (Lipinski definition) is 0. The van der Waals surface area contributed by atoms with Gasteiger partial charge in [-0.25, -0.2) is 0 Å². The van der Waals surface area contributed by atoms with E-state index in [1.54, 1.807) is 0 Å². The molecule has 0 saturated heterocycles. The van der Waals surface area contributed by atoms with Gasteiger partial charge in [-0.2, -0.15) is 0 Å². The molecule has 0 atom stereocenters. The Labute approximate surface area is 141 Å². The van der Waals surface area contributed by atoms with Crippen LogP contribution < -0.4 is 0 Å². The van der Waals surface area contributed by atoms with Crippen molar-refractivity contribution in [2.45, 2.75) is 53.6 Å². The molecule has 0 rings (SSSR count). The molecule has 109 valence electrons. The second-order valence-corrected chi connectivity index (χ2v) is 4.88. The predicted octanol–water partition coefficient (Wildman–Crippen LogP) is 3.06. The number of nitrogens with zero attached hydrogens (tertiary/aromatic N) is 3. The SMILES string of the molecule is CC.CC(C)[N-]CCN(C)CCN(C)C(C)C.[Y]. The van der Waals surface area contributed by atoms with Gasteiger partial charge in [0.1, 0.15) is 0 Å². The third-order valence-electron chi connectivity index (χ3n) is 2.69. The minimum Gasteiger partial charge on any atom is -0.659 e. The smallest absolute Gasteiger partial charge is 0.0109 e. The Balaban J connectivity index is -0.000000709. The maximum atomic E-state index is 4.47. The van der Waals surface area contributed by atoms with Gasteiger partial charge < -0.3 is 15.1 Å². The van der Waals surface area contributed by atoms with Crippen LogP contribution in [0.1, 0.15) is 41.5 Å². The standard InChI is InChI=1S/C12H28N3.C2H6.Y/c1-11(2)13-7-8-14(5)9-10-15(6)12(3)4;1-2;/h11-12H,7-10H2,1-6H3;1-2H3;/q-1;;. The first kappa shape index (κ1) is 24.0. The van der Waals surface area contributed by atoms with Crippen molar-refractivity contribution in [1.82, 2.24) is 9.80 Å². The second-order valence-electron chi connectivity index (χ2n) is 4.88. The third-order valence-corrected chi connectivity index (χ3v) is 2.69. The quantitative estimate of drug-likeness (QED) is 0.680. The van der Waals surface area contributed by atoms with Crippen LogP contribution >= 0.6 is 0 Å². The van der Waals surface area contributed by atoms with E-state index < -0.39 is 0 Å². The van der Waals surface area contributed by atoms with Crippen LogP contribution in [0.4, 0.5) is 0 Å². The van der Waals surface area contributed by atoms with Crippen LogP contribution in [0.15, 0.2) is 0 Å². The molecule has 0 spiro atoms. The van der Waals surface area contributed by atoms with Crippen molar-refractivity contribution in [3.8, 4) is 0 Å². The molecule has 3 nitrogen and oxygen atoms in total. The Hall–Kier alpha value is 0.984. The Morgan fingerprint density at radius 2 is 1.39 bits per heavy atom. The van der Waals surface area contributed by atoms with Gasteiger partial charge in [0.25, 0.3) is 0 Å². The summed E-state index contributed by atoms with van der Waals surface area (Å²) in [6.45, 7) is 17.0. The van der Waals surface area contributed by atoms with Crippen LogP contribution in [-0.4, -0.2) is 62.2 Å². The summed E-state index contributed by atoms with van der Waals surface area (Å²) in [5.41, 5.74) is 0. The molecule has 1 radical (unpaired) electrons. The fourth-order valence-electron chi connectivity index (χ4n) is 1.19. The van der Waals surface area contributed by atoms with E-state index in [2.05, 4.69) is 56.9 Å². The summed E-state index contributed by atoms with van der Waals surface area (Å²) < 4.78 is 0. The van der Waals surface area contributed by atoms with E-state index in [1.165, 1.54) is 0 Å². The van der Waals surface area contributed by atoms with Crippen LogP contribution in [0.2, 0.25) is 0 Å². The van der Waals surface area contributed by atoms with Crippen molar-refractivity contribution in [1.29, 1.82) is 0 Å². The summed E-state index contributed by atoms with van der Waals surface area (Å²) in [6, 6.07) is 1.11. The average Bonchev–Trinajstić information content (AvgIpc) is 2.28. The second kappa shape index (κ2) is 16.0. The maximum Gasteiger partial charge on any atom is 0.0109 e. The molecule has 0 heterocycles. The largest absolute Gasteiger partial charge is 0.659 e. The van der Waals surface area contributed by atoms with Crippen molar-refractivity contribution in [2.75, 3.05) is 40.3 Å². The van der Waals surface area contributed by atoms with Gasteiger partial charge in [0.15, 0.2) is 0 Å². The molecule has 0 aromatic carbocycles. The van der Waals surface area contributed by atoms with Gasteiger partial charge in [0, 0.05) is 51.8 Å². The fourth-order valence-corrected chi connectivity index (χ4v) is 1.19. The topological polar surface area (TPSA) is 20.6 Å². The zero-order valence-corrected chi connectivity index (χ0v) is 16.7. The number of rotatable bonds is 8. The molecule has 0 aromatic rings. The molecule has 18 heavy (non-hydrogen) atoms. The van der Waals surface area contributed by atoms with Crippen LogP contribution in [0.25, 0.3) is 5.32 Å². The van der Waals surface area contributed by atoms with Crippen molar-refractivity contribution in [2.24, 2.45) is 0 Å². The molecule has 0 bridgehead atoms. The summed E-state index contributed by atoms with van der Waals surface area (Å²) in [4.78, 5) is 4.72. The minimum absolute atomic E-state index is 0. The molecule has 0 amide bonds. The van der Waals surface area contributed by atoms with E-state index in [1.807, 2.05) is 13.8 Å². The van der Waals surface area contributed by atoms with Crippen molar-refractivity contribution in [3.05, 3.63) is 5.32 Å². The van der Waals surface area contributed by atoms with Crippen molar-refractivity contribution in [3.63, 3.8) is 0 Å². The van der Waals surface area contributed by atoms with Crippen LogP contribution in [0.3, 0.4) is 0 Å². The monoisotopic (exact) mass is 333 g/mol. The van der Waals surface area contributed by atoms with Gasteiger partial charge in [-0.15, -0.1) is 12.6 Å². The molecule has 0 aliphatic heterocycles. The molecule has 0 aliphatic carbocycles. The van der Waals surface area contributed by atoms with Crippen LogP contribution in [0.5, 0.6) is 0 Å². The van der Waals surface area contributed by atoms with Crippen molar-refractivity contribution < 1.29 is 32.7 Å². The van der Waals surface area contributed by atoms with Gasteiger partial charge in [-0.3, -0.25) is 0 Å². The van der Waals surface area contributed by atoms with Crippen LogP contribution in [0, 0.1) is 0 Å². The molecule has 0 unspecified atom stereocenters. The van der Waals surface area contributed by atoms with Crippen LogP contribution in [-0.2, 0) is 32.7 Å². The Morgan fingerprint density at radius 3 is 1.78 bits per heavy atom. The molecule has 0 aliphatic rings. The van der Waals surface area contributed by atoms with E-state index >= 15 is 0 Å². The molecular weight excluding hydrogens is 299 g/mol. The van der Waals surface area contributed by atoms with Gasteiger partial charge in [-0.1, -0.05) is 27.7 Å². The minimum atomic E-state index is 0. The van der Waals surface area contributed by atoms with E-state index in [0.717, 1.165) is 26.2 Å². The Kier molecular flexibility index (Phi) is 21.4. The zero-order valence-electron chi connectivity index (χ0n) is 13.9. The molecule has 4 heteroatoms. The fraction of sp³-hybridized carbons (Fsp3) is 1.00. The Bertz CT molecular complexity index is 152. The Morgan fingerprint density at radius 1 is 0.889 bits per heavy atom. The molecule has 0 fully saturated rings. The van der Waals surface area contributed by atoms with Gasteiger partial charge in [-0.05, 0) is 34.5 Å².